The molecule has 1 aromatic heterocycles. The van der Waals surface area contributed by atoms with Gasteiger partial charge in [0.05, 0.1) is 6.21 Å². The number of halogens is 1. The highest BCUT2D eigenvalue weighted by atomic mass is 79.9. The summed E-state index contributed by atoms with van der Waals surface area (Å²) in [4.78, 5) is 24.1. The Labute approximate surface area is 158 Å². The number of nitrogens with zero attached hydrogens (tertiary/aromatic N) is 1. The van der Waals surface area contributed by atoms with Crippen LogP contribution in [0.5, 0.6) is 0 Å². The Balaban J connectivity index is 1.57. The first kappa shape index (κ1) is 17.6. The summed E-state index contributed by atoms with van der Waals surface area (Å²) in [6.45, 7) is 0. The van der Waals surface area contributed by atoms with E-state index in [1.54, 1.807) is 60.7 Å². The van der Waals surface area contributed by atoms with E-state index in [4.69, 9.17) is 4.42 Å². The molecular formula is C19H14BrN3O3. The van der Waals surface area contributed by atoms with Crippen LogP contribution in [0, 0.1) is 0 Å². The van der Waals surface area contributed by atoms with Gasteiger partial charge in [-0.2, -0.15) is 5.10 Å². The number of benzene rings is 2. The minimum absolute atomic E-state index is 0.211. The third-order valence-electron chi connectivity index (χ3n) is 3.39. The maximum absolute atomic E-state index is 12.1. The quantitative estimate of drug-likeness (QED) is 0.490. The van der Waals surface area contributed by atoms with Gasteiger partial charge in [0.15, 0.2) is 4.67 Å². The zero-order valence-corrected chi connectivity index (χ0v) is 15.1. The summed E-state index contributed by atoms with van der Waals surface area (Å²) in [7, 11) is 0. The van der Waals surface area contributed by atoms with E-state index in [-0.39, 0.29) is 11.8 Å². The average molecular weight is 412 g/mol. The Morgan fingerprint density at radius 3 is 2.23 bits per heavy atom. The second-order valence-corrected chi connectivity index (χ2v) is 6.02. The first-order valence-electron chi connectivity index (χ1n) is 7.67. The molecule has 0 aliphatic carbocycles. The smallest absolute Gasteiger partial charge is 0.271 e. The van der Waals surface area contributed by atoms with Gasteiger partial charge >= 0.3 is 0 Å². The summed E-state index contributed by atoms with van der Waals surface area (Å²) >= 11 is 3.18. The van der Waals surface area contributed by atoms with Gasteiger partial charge in [-0.25, -0.2) is 5.43 Å². The van der Waals surface area contributed by atoms with Crippen LogP contribution in [0.3, 0.4) is 0 Å². The van der Waals surface area contributed by atoms with E-state index in [1.807, 2.05) is 6.07 Å². The van der Waals surface area contributed by atoms with E-state index in [0.717, 1.165) is 0 Å². The molecular weight excluding hydrogens is 398 g/mol. The lowest BCUT2D eigenvalue weighted by molar-refractivity contribution is 0.0954. The van der Waals surface area contributed by atoms with Gasteiger partial charge in [0, 0.05) is 16.8 Å². The second kappa shape index (κ2) is 8.26. The van der Waals surface area contributed by atoms with Crippen molar-refractivity contribution in [1.82, 2.24) is 5.43 Å². The highest BCUT2D eigenvalue weighted by Crippen LogP contribution is 2.13. The highest BCUT2D eigenvalue weighted by Gasteiger charge is 2.07. The van der Waals surface area contributed by atoms with Gasteiger partial charge < -0.3 is 9.73 Å². The lowest BCUT2D eigenvalue weighted by atomic mass is 10.2. The summed E-state index contributed by atoms with van der Waals surface area (Å²) in [6, 6.07) is 18.9. The average Bonchev–Trinajstić information content (AvgIpc) is 3.08. The molecule has 0 saturated heterocycles. The zero-order chi connectivity index (χ0) is 18.4. The standard InChI is InChI=1S/C19H14BrN3O3/c20-17-11-10-16(26-17)12-21-23-19(25)14-6-8-15(9-7-14)22-18(24)13-4-2-1-3-5-13/h1-12H,(H,22,24)(H,23,25)/b21-12-. The van der Waals surface area contributed by atoms with E-state index < -0.39 is 0 Å². The molecule has 0 aliphatic heterocycles. The monoisotopic (exact) mass is 411 g/mol. The lowest BCUT2D eigenvalue weighted by Crippen LogP contribution is -2.17. The number of hydrogen-bond donors (Lipinski definition) is 2. The number of anilines is 1. The van der Waals surface area contributed by atoms with Gasteiger partial charge in [0.25, 0.3) is 11.8 Å². The first-order chi connectivity index (χ1) is 12.6. The molecule has 3 rings (SSSR count). The van der Waals surface area contributed by atoms with E-state index in [1.165, 1.54) is 6.21 Å². The van der Waals surface area contributed by atoms with Gasteiger partial charge in [-0.05, 0) is 64.5 Å². The highest BCUT2D eigenvalue weighted by molar-refractivity contribution is 9.10. The zero-order valence-electron chi connectivity index (χ0n) is 13.5. The molecule has 0 bridgehead atoms. The molecule has 1 heterocycles. The Hall–Kier alpha value is -3.19. The molecule has 0 unspecified atom stereocenters. The summed E-state index contributed by atoms with van der Waals surface area (Å²) in [5, 5.41) is 6.61. The van der Waals surface area contributed by atoms with Crippen molar-refractivity contribution in [3.8, 4) is 0 Å². The maximum atomic E-state index is 12.1. The van der Waals surface area contributed by atoms with Crippen molar-refractivity contribution in [1.29, 1.82) is 0 Å². The van der Waals surface area contributed by atoms with Crippen molar-refractivity contribution in [3.63, 3.8) is 0 Å². The molecule has 2 amide bonds. The third kappa shape index (κ3) is 4.67. The molecule has 7 heteroatoms. The molecule has 0 radical (unpaired) electrons. The number of amides is 2. The van der Waals surface area contributed by atoms with E-state index in [2.05, 4.69) is 31.8 Å². The Kier molecular flexibility index (Phi) is 5.60. The normalized spacial score (nSPS) is 10.7. The van der Waals surface area contributed by atoms with Gasteiger partial charge in [-0.1, -0.05) is 18.2 Å². The molecule has 0 atom stereocenters. The van der Waals surface area contributed by atoms with Gasteiger partial charge in [0.2, 0.25) is 0 Å². The maximum Gasteiger partial charge on any atom is 0.271 e. The van der Waals surface area contributed by atoms with Crippen LogP contribution in [-0.2, 0) is 0 Å². The molecule has 0 aliphatic rings. The predicted molar refractivity (Wildman–Crippen MR) is 102 cm³/mol. The fourth-order valence-corrected chi connectivity index (χ4v) is 2.43. The number of hydrogen-bond acceptors (Lipinski definition) is 4. The van der Waals surface area contributed by atoms with Crippen molar-refractivity contribution in [2.75, 3.05) is 5.32 Å². The van der Waals surface area contributed by atoms with E-state index in [0.29, 0.717) is 27.2 Å². The molecule has 130 valence electrons. The largest absolute Gasteiger partial charge is 0.448 e. The predicted octanol–water partition coefficient (Wildman–Crippen LogP) is 4.06. The van der Waals surface area contributed by atoms with E-state index in [9.17, 15) is 9.59 Å². The molecule has 0 saturated carbocycles. The second-order valence-electron chi connectivity index (χ2n) is 5.24. The number of carbonyl (C=O) groups is 2. The van der Waals surface area contributed by atoms with Crippen LogP contribution in [0.2, 0.25) is 0 Å². The van der Waals surface area contributed by atoms with Crippen LogP contribution >= 0.6 is 15.9 Å². The minimum atomic E-state index is -0.368. The molecule has 3 aromatic rings. The fourth-order valence-electron chi connectivity index (χ4n) is 2.11. The first-order valence-corrected chi connectivity index (χ1v) is 8.46. The summed E-state index contributed by atoms with van der Waals surface area (Å²) in [5.41, 5.74) is 3.99. The van der Waals surface area contributed by atoms with Gasteiger partial charge in [-0.15, -0.1) is 0 Å². The van der Waals surface area contributed by atoms with E-state index >= 15 is 0 Å². The number of rotatable bonds is 5. The topological polar surface area (TPSA) is 83.7 Å². The summed E-state index contributed by atoms with van der Waals surface area (Å²) in [5.74, 6) is -0.0686. The Morgan fingerprint density at radius 1 is 0.885 bits per heavy atom. The van der Waals surface area contributed by atoms with Gasteiger partial charge in [-0.3, -0.25) is 9.59 Å². The van der Waals surface area contributed by atoms with Crippen LogP contribution in [0.1, 0.15) is 26.5 Å². The molecule has 2 N–H and O–H groups in total. The van der Waals surface area contributed by atoms with Crippen molar-refractivity contribution >= 4 is 39.6 Å². The number of furan rings is 1. The number of hydrazone groups is 1. The molecule has 0 fully saturated rings. The fraction of sp³-hybridized carbons (Fsp3) is 0. The third-order valence-corrected chi connectivity index (χ3v) is 3.82. The van der Waals surface area contributed by atoms with Crippen LogP contribution in [0.25, 0.3) is 0 Å². The molecule has 6 nitrogen and oxygen atoms in total. The molecule has 2 aromatic carbocycles. The lowest BCUT2D eigenvalue weighted by Gasteiger charge is -2.06. The van der Waals surface area contributed by atoms with Crippen LogP contribution in [-0.4, -0.2) is 18.0 Å². The number of carbonyl (C=O) groups excluding carboxylic acids is 2. The molecule has 0 spiro atoms. The Morgan fingerprint density at radius 2 is 1.58 bits per heavy atom. The van der Waals surface area contributed by atoms with Gasteiger partial charge in [0.1, 0.15) is 5.76 Å². The number of nitrogens with one attached hydrogen (secondary N) is 2. The van der Waals surface area contributed by atoms with Crippen molar-refractivity contribution in [2.45, 2.75) is 0 Å². The summed E-state index contributed by atoms with van der Waals surface area (Å²) < 4.78 is 5.82. The van der Waals surface area contributed by atoms with Crippen molar-refractivity contribution in [2.24, 2.45) is 5.10 Å². The van der Waals surface area contributed by atoms with Crippen molar-refractivity contribution < 1.29 is 14.0 Å². The van der Waals surface area contributed by atoms with Crippen LogP contribution in [0.4, 0.5) is 5.69 Å². The summed E-state index contributed by atoms with van der Waals surface area (Å²) in [6.07, 6.45) is 1.40. The van der Waals surface area contributed by atoms with Crippen LogP contribution < -0.4 is 10.7 Å². The van der Waals surface area contributed by atoms with Crippen LogP contribution in [0.15, 0.2) is 80.9 Å². The SMILES string of the molecule is O=C(N/N=C\c1ccc(Br)o1)c1ccc(NC(=O)c2ccccc2)cc1. The molecule has 26 heavy (non-hydrogen) atoms. The minimum Gasteiger partial charge on any atom is -0.448 e. The Bertz CT molecular complexity index is 934. The van der Waals surface area contributed by atoms with Crippen molar-refractivity contribution in [3.05, 3.63) is 88.3 Å².